The number of pyridine rings is 1. The number of carbonyl (C=O) groups excluding carboxylic acids is 1. The van der Waals surface area contributed by atoms with Gasteiger partial charge in [-0.05, 0) is 28.4 Å². The molecular formula is C9H9BrN2O. The molecule has 0 saturated carbocycles. The van der Waals surface area contributed by atoms with Crippen LogP contribution in [0.15, 0.2) is 10.7 Å². The minimum absolute atomic E-state index is 0.0792. The quantitative estimate of drug-likeness (QED) is 0.755. The summed E-state index contributed by atoms with van der Waals surface area (Å²) in [6.07, 6.45) is 3.07. The van der Waals surface area contributed by atoms with Crippen LogP contribution in [-0.2, 0) is 11.2 Å². The molecule has 2 rings (SSSR count). The summed E-state index contributed by atoms with van der Waals surface area (Å²) in [6.45, 7) is 1.97. The van der Waals surface area contributed by atoms with Gasteiger partial charge in [0.2, 0.25) is 5.91 Å². The molecule has 1 aliphatic rings. The molecule has 0 spiro atoms. The first-order chi connectivity index (χ1) is 6.18. The highest BCUT2D eigenvalue weighted by Gasteiger charge is 2.18. The lowest BCUT2D eigenvalue weighted by Crippen LogP contribution is -2.20. The van der Waals surface area contributed by atoms with E-state index in [0.717, 1.165) is 27.8 Å². The van der Waals surface area contributed by atoms with Crippen molar-refractivity contribution in [3.05, 3.63) is 21.9 Å². The first kappa shape index (κ1) is 8.69. The summed E-state index contributed by atoms with van der Waals surface area (Å²) in [5.41, 5.74) is 2.92. The summed E-state index contributed by atoms with van der Waals surface area (Å²) in [4.78, 5) is 15.4. The van der Waals surface area contributed by atoms with E-state index in [1.807, 2.05) is 6.92 Å². The van der Waals surface area contributed by atoms with E-state index in [1.165, 1.54) is 0 Å². The first-order valence-electron chi connectivity index (χ1n) is 4.12. The van der Waals surface area contributed by atoms with Crippen LogP contribution in [0.25, 0.3) is 0 Å². The lowest BCUT2D eigenvalue weighted by Gasteiger charge is -2.18. The van der Waals surface area contributed by atoms with Crippen LogP contribution in [0.4, 0.5) is 5.69 Å². The zero-order valence-electron chi connectivity index (χ0n) is 7.22. The SMILES string of the molecule is Cc1c(Br)cnc2c1NC(=O)CC2. The van der Waals surface area contributed by atoms with Gasteiger partial charge in [-0.25, -0.2) is 0 Å². The fourth-order valence-electron chi connectivity index (χ4n) is 1.42. The smallest absolute Gasteiger partial charge is 0.224 e. The van der Waals surface area contributed by atoms with Crippen molar-refractivity contribution in [1.82, 2.24) is 4.98 Å². The number of carbonyl (C=O) groups is 1. The molecule has 0 unspecified atom stereocenters. The summed E-state index contributed by atoms with van der Waals surface area (Å²) in [5.74, 6) is 0.0792. The van der Waals surface area contributed by atoms with Gasteiger partial charge < -0.3 is 5.32 Å². The Balaban J connectivity index is 2.54. The maximum Gasteiger partial charge on any atom is 0.224 e. The molecule has 13 heavy (non-hydrogen) atoms. The molecule has 0 bridgehead atoms. The zero-order valence-corrected chi connectivity index (χ0v) is 8.81. The van der Waals surface area contributed by atoms with Crippen molar-refractivity contribution in [3.63, 3.8) is 0 Å². The molecule has 0 aromatic carbocycles. The number of aryl methyl sites for hydroxylation is 1. The number of hydrogen-bond acceptors (Lipinski definition) is 2. The lowest BCUT2D eigenvalue weighted by atomic mass is 10.1. The third-order valence-corrected chi connectivity index (χ3v) is 3.01. The van der Waals surface area contributed by atoms with E-state index in [4.69, 9.17) is 0 Å². The van der Waals surface area contributed by atoms with Crippen molar-refractivity contribution in [1.29, 1.82) is 0 Å². The van der Waals surface area contributed by atoms with Crippen LogP contribution in [0.2, 0.25) is 0 Å². The highest BCUT2D eigenvalue weighted by Crippen LogP contribution is 2.29. The number of amides is 1. The normalized spacial score (nSPS) is 15.1. The minimum Gasteiger partial charge on any atom is -0.324 e. The molecule has 0 atom stereocenters. The highest BCUT2D eigenvalue weighted by atomic mass is 79.9. The van der Waals surface area contributed by atoms with E-state index >= 15 is 0 Å². The zero-order chi connectivity index (χ0) is 9.42. The number of nitrogens with one attached hydrogen (secondary N) is 1. The largest absolute Gasteiger partial charge is 0.324 e. The van der Waals surface area contributed by atoms with Gasteiger partial charge in [-0.3, -0.25) is 9.78 Å². The van der Waals surface area contributed by atoms with Gasteiger partial charge in [0, 0.05) is 23.5 Å². The van der Waals surface area contributed by atoms with Crippen LogP contribution < -0.4 is 5.32 Å². The van der Waals surface area contributed by atoms with E-state index < -0.39 is 0 Å². The Kier molecular flexibility index (Phi) is 2.07. The summed E-state index contributed by atoms with van der Waals surface area (Å²) in [6, 6.07) is 0. The Morgan fingerprint density at radius 2 is 2.31 bits per heavy atom. The van der Waals surface area contributed by atoms with Gasteiger partial charge in [-0.2, -0.15) is 0 Å². The van der Waals surface area contributed by atoms with Crippen molar-refractivity contribution >= 4 is 27.5 Å². The predicted octanol–water partition coefficient (Wildman–Crippen LogP) is 2.04. The Bertz CT molecular complexity index is 376. The molecular weight excluding hydrogens is 232 g/mol. The molecule has 0 radical (unpaired) electrons. The third kappa shape index (κ3) is 1.46. The fraction of sp³-hybridized carbons (Fsp3) is 0.333. The fourth-order valence-corrected chi connectivity index (χ4v) is 1.72. The van der Waals surface area contributed by atoms with Gasteiger partial charge in [0.15, 0.2) is 0 Å². The van der Waals surface area contributed by atoms with Crippen LogP contribution >= 0.6 is 15.9 Å². The van der Waals surface area contributed by atoms with Crippen molar-refractivity contribution < 1.29 is 4.79 Å². The van der Waals surface area contributed by atoms with E-state index in [-0.39, 0.29) is 5.91 Å². The summed E-state index contributed by atoms with van der Waals surface area (Å²) in [7, 11) is 0. The Morgan fingerprint density at radius 1 is 1.54 bits per heavy atom. The van der Waals surface area contributed by atoms with Crippen LogP contribution in [0, 0.1) is 6.92 Å². The summed E-state index contributed by atoms with van der Waals surface area (Å²) < 4.78 is 0.938. The maximum atomic E-state index is 11.1. The summed E-state index contributed by atoms with van der Waals surface area (Å²) in [5, 5.41) is 2.84. The Labute approximate surface area is 84.7 Å². The van der Waals surface area contributed by atoms with E-state index in [2.05, 4.69) is 26.2 Å². The minimum atomic E-state index is 0.0792. The molecule has 4 heteroatoms. The van der Waals surface area contributed by atoms with Crippen molar-refractivity contribution in [2.24, 2.45) is 0 Å². The number of fused-ring (bicyclic) bond motifs is 1. The second-order valence-electron chi connectivity index (χ2n) is 3.10. The molecule has 3 nitrogen and oxygen atoms in total. The molecule has 1 N–H and O–H groups in total. The van der Waals surface area contributed by atoms with Gasteiger partial charge in [0.25, 0.3) is 0 Å². The molecule has 0 aliphatic carbocycles. The topological polar surface area (TPSA) is 42.0 Å². The van der Waals surface area contributed by atoms with Crippen LogP contribution in [0.1, 0.15) is 17.7 Å². The standard InChI is InChI=1S/C9H9BrN2O/c1-5-6(10)4-11-7-2-3-8(13)12-9(5)7/h4H,2-3H2,1H3,(H,12,13). The molecule has 0 fully saturated rings. The summed E-state index contributed by atoms with van der Waals surface area (Å²) >= 11 is 3.38. The van der Waals surface area contributed by atoms with Crippen LogP contribution in [0.3, 0.4) is 0 Å². The average Bonchev–Trinajstić information content (AvgIpc) is 2.12. The second kappa shape index (κ2) is 3.10. The van der Waals surface area contributed by atoms with Crippen molar-refractivity contribution in [3.8, 4) is 0 Å². The van der Waals surface area contributed by atoms with Crippen molar-refractivity contribution in [2.45, 2.75) is 19.8 Å². The number of halogens is 1. The van der Waals surface area contributed by atoms with Crippen LogP contribution in [0.5, 0.6) is 0 Å². The van der Waals surface area contributed by atoms with Gasteiger partial charge >= 0.3 is 0 Å². The van der Waals surface area contributed by atoms with Gasteiger partial charge in [0.05, 0.1) is 11.4 Å². The molecule has 1 aromatic heterocycles. The first-order valence-corrected chi connectivity index (χ1v) is 4.91. The second-order valence-corrected chi connectivity index (χ2v) is 3.96. The molecule has 0 saturated heterocycles. The van der Waals surface area contributed by atoms with Crippen molar-refractivity contribution in [2.75, 3.05) is 5.32 Å². The van der Waals surface area contributed by atoms with E-state index in [9.17, 15) is 4.79 Å². The molecule has 2 heterocycles. The van der Waals surface area contributed by atoms with Gasteiger partial charge in [-0.15, -0.1) is 0 Å². The number of nitrogens with zero attached hydrogens (tertiary/aromatic N) is 1. The molecule has 68 valence electrons. The molecule has 1 amide bonds. The maximum absolute atomic E-state index is 11.1. The highest BCUT2D eigenvalue weighted by molar-refractivity contribution is 9.10. The van der Waals surface area contributed by atoms with E-state index in [1.54, 1.807) is 6.20 Å². The Morgan fingerprint density at radius 3 is 3.08 bits per heavy atom. The van der Waals surface area contributed by atoms with Gasteiger partial charge in [0.1, 0.15) is 0 Å². The lowest BCUT2D eigenvalue weighted by molar-refractivity contribution is -0.116. The number of rotatable bonds is 0. The number of hydrogen-bond donors (Lipinski definition) is 1. The number of anilines is 1. The van der Waals surface area contributed by atoms with E-state index in [0.29, 0.717) is 6.42 Å². The average molecular weight is 241 g/mol. The predicted molar refractivity (Wildman–Crippen MR) is 53.6 cm³/mol. The monoisotopic (exact) mass is 240 g/mol. The molecule has 1 aromatic rings. The van der Waals surface area contributed by atoms with Crippen LogP contribution in [-0.4, -0.2) is 10.9 Å². The Hall–Kier alpha value is -0.900. The number of aromatic nitrogens is 1. The molecule has 1 aliphatic heterocycles. The third-order valence-electron chi connectivity index (χ3n) is 2.21. The van der Waals surface area contributed by atoms with Gasteiger partial charge in [-0.1, -0.05) is 0 Å².